The molecule has 11 heteroatoms. The molecule has 0 radical (unpaired) electrons. The smallest absolute Gasteiger partial charge is 0.387 e. The summed E-state index contributed by atoms with van der Waals surface area (Å²) < 4.78 is 30.7. The Bertz CT molecular complexity index is 818. The molecule has 1 heterocycles. The van der Waals surface area contributed by atoms with Crippen LogP contribution in [-0.4, -0.2) is 32.3 Å². The van der Waals surface area contributed by atoms with Gasteiger partial charge in [-0.15, -0.1) is 0 Å². The first kappa shape index (κ1) is 16.4. The SMILES string of the molecule is O=C(Cn1nnn(C2CC2)c1=O)Nc1ccc(OC(F)F)c(Cl)c1. The highest BCUT2D eigenvalue weighted by molar-refractivity contribution is 6.32. The van der Waals surface area contributed by atoms with Crippen molar-refractivity contribution in [2.24, 2.45) is 0 Å². The predicted octanol–water partition coefficient (Wildman–Crippen LogP) is 1.67. The molecule has 128 valence electrons. The molecule has 1 fully saturated rings. The molecule has 1 aliphatic carbocycles. The van der Waals surface area contributed by atoms with Gasteiger partial charge in [0.25, 0.3) is 0 Å². The number of nitrogens with zero attached hydrogens (tertiary/aromatic N) is 4. The zero-order valence-electron chi connectivity index (χ0n) is 12.2. The average Bonchev–Trinajstić information content (AvgIpc) is 3.28. The van der Waals surface area contributed by atoms with E-state index in [0.29, 0.717) is 0 Å². The highest BCUT2D eigenvalue weighted by Gasteiger charge is 2.28. The topological polar surface area (TPSA) is 91.0 Å². The van der Waals surface area contributed by atoms with Gasteiger partial charge < -0.3 is 10.1 Å². The summed E-state index contributed by atoms with van der Waals surface area (Å²) in [5, 5.41) is 9.78. The lowest BCUT2D eigenvalue weighted by Gasteiger charge is -2.09. The van der Waals surface area contributed by atoms with Gasteiger partial charge in [0.15, 0.2) is 0 Å². The third-order valence-electron chi connectivity index (χ3n) is 3.28. The first-order valence-corrected chi connectivity index (χ1v) is 7.38. The molecule has 0 bridgehead atoms. The summed E-state index contributed by atoms with van der Waals surface area (Å²) in [6.45, 7) is -3.32. The number of anilines is 1. The number of ether oxygens (including phenoxy) is 1. The third kappa shape index (κ3) is 3.70. The lowest BCUT2D eigenvalue weighted by molar-refractivity contribution is -0.117. The Hall–Kier alpha value is -2.49. The number of tetrazole rings is 1. The number of rotatable bonds is 6. The van der Waals surface area contributed by atoms with Crippen LogP contribution in [0.1, 0.15) is 18.9 Å². The molecule has 1 saturated carbocycles. The molecular formula is C13H12ClF2N5O3. The first-order chi connectivity index (χ1) is 11.4. The molecule has 1 amide bonds. The van der Waals surface area contributed by atoms with Crippen molar-refractivity contribution in [3.8, 4) is 5.75 Å². The second-order valence-corrected chi connectivity index (χ2v) is 5.57. The van der Waals surface area contributed by atoms with Gasteiger partial charge in [0.05, 0.1) is 11.1 Å². The van der Waals surface area contributed by atoms with E-state index in [0.717, 1.165) is 17.5 Å². The van der Waals surface area contributed by atoms with Crippen molar-refractivity contribution in [1.29, 1.82) is 0 Å². The van der Waals surface area contributed by atoms with Crippen molar-refractivity contribution >= 4 is 23.2 Å². The lowest BCUT2D eigenvalue weighted by Crippen LogP contribution is -2.30. The number of nitrogens with one attached hydrogen (secondary N) is 1. The number of hydrogen-bond donors (Lipinski definition) is 1. The minimum atomic E-state index is -3.00. The first-order valence-electron chi connectivity index (χ1n) is 7.00. The van der Waals surface area contributed by atoms with Crippen molar-refractivity contribution < 1.29 is 18.3 Å². The summed E-state index contributed by atoms with van der Waals surface area (Å²) in [5.41, 5.74) is -0.180. The minimum Gasteiger partial charge on any atom is -0.433 e. The molecule has 0 saturated heterocycles. The van der Waals surface area contributed by atoms with Crippen LogP contribution in [0.25, 0.3) is 0 Å². The van der Waals surface area contributed by atoms with E-state index in [1.807, 2.05) is 0 Å². The maximum absolute atomic E-state index is 12.2. The van der Waals surface area contributed by atoms with Crippen molar-refractivity contribution in [3.05, 3.63) is 33.7 Å². The fraction of sp³-hybridized carbons (Fsp3) is 0.385. The van der Waals surface area contributed by atoms with E-state index in [9.17, 15) is 18.4 Å². The van der Waals surface area contributed by atoms with Crippen LogP contribution in [0.2, 0.25) is 5.02 Å². The maximum Gasteiger partial charge on any atom is 0.387 e. The Morgan fingerprint density at radius 1 is 1.42 bits per heavy atom. The summed E-state index contributed by atoms with van der Waals surface area (Å²) >= 11 is 5.80. The molecule has 1 N–H and O–H groups in total. The second kappa shape index (κ2) is 6.56. The van der Waals surface area contributed by atoms with E-state index >= 15 is 0 Å². The van der Waals surface area contributed by atoms with Gasteiger partial charge in [-0.3, -0.25) is 4.79 Å². The number of benzene rings is 1. The standard InChI is InChI=1S/C13H12ClF2N5O3/c14-9-5-7(1-4-10(9)24-12(15)16)17-11(22)6-20-13(23)21(19-18-20)8-2-3-8/h1,4-5,8,12H,2-3,6H2,(H,17,22). The maximum atomic E-state index is 12.2. The van der Waals surface area contributed by atoms with Crippen molar-refractivity contribution in [2.45, 2.75) is 32.0 Å². The van der Waals surface area contributed by atoms with Gasteiger partial charge in [0.1, 0.15) is 12.3 Å². The molecule has 8 nitrogen and oxygen atoms in total. The van der Waals surface area contributed by atoms with E-state index in [1.54, 1.807) is 0 Å². The van der Waals surface area contributed by atoms with Crippen molar-refractivity contribution in [2.75, 3.05) is 5.32 Å². The molecule has 0 spiro atoms. The molecule has 1 aromatic heterocycles. The van der Waals surface area contributed by atoms with Gasteiger partial charge in [-0.05, 0) is 41.5 Å². The van der Waals surface area contributed by atoms with E-state index in [-0.39, 0.29) is 29.0 Å². The number of hydrogen-bond acceptors (Lipinski definition) is 5. The molecule has 3 rings (SSSR count). The van der Waals surface area contributed by atoms with E-state index < -0.39 is 18.2 Å². The molecule has 2 aromatic rings. The van der Waals surface area contributed by atoms with Crippen molar-refractivity contribution in [3.63, 3.8) is 0 Å². The monoisotopic (exact) mass is 359 g/mol. The summed E-state index contributed by atoms with van der Waals surface area (Å²) in [6.07, 6.45) is 1.74. The fourth-order valence-electron chi connectivity index (χ4n) is 2.04. The molecule has 0 aliphatic heterocycles. The Labute approximate surface area is 138 Å². The van der Waals surface area contributed by atoms with E-state index in [2.05, 4.69) is 20.5 Å². The molecule has 24 heavy (non-hydrogen) atoms. The largest absolute Gasteiger partial charge is 0.433 e. The number of halogens is 3. The van der Waals surface area contributed by atoms with Gasteiger partial charge in [-0.2, -0.15) is 18.1 Å². The van der Waals surface area contributed by atoms with Crippen LogP contribution in [0.5, 0.6) is 5.75 Å². The molecule has 1 aromatic carbocycles. The van der Waals surface area contributed by atoms with Crippen LogP contribution in [0.3, 0.4) is 0 Å². The Morgan fingerprint density at radius 2 is 2.17 bits per heavy atom. The fourth-order valence-corrected chi connectivity index (χ4v) is 2.27. The number of amides is 1. The van der Waals surface area contributed by atoms with Crippen LogP contribution >= 0.6 is 11.6 Å². The number of alkyl halides is 2. The molecule has 0 atom stereocenters. The number of carbonyl (C=O) groups is 1. The van der Waals surface area contributed by atoms with Gasteiger partial charge in [-0.1, -0.05) is 11.6 Å². The highest BCUT2D eigenvalue weighted by atomic mass is 35.5. The normalized spacial score (nSPS) is 14.0. The van der Waals surface area contributed by atoms with Gasteiger partial charge in [0, 0.05) is 5.69 Å². The second-order valence-electron chi connectivity index (χ2n) is 5.17. The predicted molar refractivity (Wildman–Crippen MR) is 79.3 cm³/mol. The summed E-state index contributed by atoms with van der Waals surface area (Å²) in [5.74, 6) is -0.730. The Balaban J connectivity index is 1.64. The van der Waals surface area contributed by atoms with Crippen molar-refractivity contribution in [1.82, 2.24) is 19.8 Å². The lowest BCUT2D eigenvalue weighted by atomic mass is 10.3. The highest BCUT2D eigenvalue weighted by Crippen LogP contribution is 2.32. The molecule has 1 aliphatic rings. The van der Waals surface area contributed by atoms with Gasteiger partial charge >= 0.3 is 12.3 Å². The summed E-state index contributed by atoms with van der Waals surface area (Å²) in [7, 11) is 0. The van der Waals surface area contributed by atoms with Crippen LogP contribution in [0.4, 0.5) is 14.5 Å². The van der Waals surface area contributed by atoms with E-state index in [4.69, 9.17) is 11.6 Å². The summed E-state index contributed by atoms with van der Waals surface area (Å²) in [4.78, 5) is 23.9. The Kier molecular flexibility index (Phi) is 4.47. The average molecular weight is 360 g/mol. The number of aromatic nitrogens is 4. The van der Waals surface area contributed by atoms with Crippen LogP contribution in [0.15, 0.2) is 23.0 Å². The van der Waals surface area contributed by atoms with Crippen LogP contribution in [-0.2, 0) is 11.3 Å². The van der Waals surface area contributed by atoms with Gasteiger partial charge in [-0.25, -0.2) is 4.79 Å². The summed E-state index contributed by atoms with van der Waals surface area (Å²) in [6, 6.07) is 3.89. The van der Waals surface area contributed by atoms with Gasteiger partial charge in [0.2, 0.25) is 5.91 Å². The minimum absolute atomic E-state index is 0.0653. The Morgan fingerprint density at radius 3 is 2.79 bits per heavy atom. The number of carbonyl (C=O) groups excluding carboxylic acids is 1. The quantitative estimate of drug-likeness (QED) is 0.847. The van der Waals surface area contributed by atoms with Crippen LogP contribution in [0, 0.1) is 0 Å². The van der Waals surface area contributed by atoms with E-state index in [1.165, 1.54) is 22.9 Å². The van der Waals surface area contributed by atoms with Crippen LogP contribution < -0.4 is 15.7 Å². The third-order valence-corrected chi connectivity index (χ3v) is 3.57. The zero-order valence-corrected chi connectivity index (χ0v) is 12.9. The molecular weight excluding hydrogens is 348 g/mol. The zero-order chi connectivity index (χ0) is 17.3. The molecule has 0 unspecified atom stereocenters.